The van der Waals surface area contributed by atoms with E-state index in [1.165, 1.54) is 11.8 Å². The second-order valence-corrected chi connectivity index (χ2v) is 8.29. The minimum atomic E-state index is -0.377. The van der Waals surface area contributed by atoms with E-state index >= 15 is 0 Å². The first-order chi connectivity index (χ1) is 13.8. The third-order valence-corrected chi connectivity index (χ3v) is 5.15. The number of rotatable bonds is 10. The van der Waals surface area contributed by atoms with Gasteiger partial charge in [-0.15, -0.1) is 10.2 Å². The molecule has 0 spiro atoms. The summed E-state index contributed by atoms with van der Waals surface area (Å²) in [6, 6.07) is 6.73. The molecule has 0 fully saturated rings. The van der Waals surface area contributed by atoms with Crippen molar-refractivity contribution in [2.24, 2.45) is 11.7 Å². The molecule has 3 N–H and O–H groups in total. The largest absolute Gasteiger partial charge is 0.370 e. The van der Waals surface area contributed by atoms with Crippen molar-refractivity contribution in [3.8, 4) is 6.07 Å². The summed E-state index contributed by atoms with van der Waals surface area (Å²) < 4.78 is 1.98. The summed E-state index contributed by atoms with van der Waals surface area (Å²) in [5.41, 5.74) is 6.13. The van der Waals surface area contributed by atoms with Crippen LogP contribution in [0, 0.1) is 17.2 Å². The van der Waals surface area contributed by atoms with E-state index in [1.54, 1.807) is 18.2 Å². The van der Waals surface area contributed by atoms with Crippen LogP contribution in [0.15, 0.2) is 23.4 Å². The second-order valence-electron chi connectivity index (χ2n) is 6.82. The van der Waals surface area contributed by atoms with E-state index < -0.39 is 0 Å². The Hall–Kier alpha value is -2.57. The number of anilines is 1. The van der Waals surface area contributed by atoms with Gasteiger partial charge in [0.05, 0.1) is 10.6 Å². The normalized spacial score (nSPS) is 10.7. The number of carbonyl (C=O) groups is 2. The SMILES string of the molecule is CC(C)Cn1c(CCC(N)=O)nnc1SCCC(=O)Nc1ccc(C#N)c(Cl)c1. The van der Waals surface area contributed by atoms with Crippen LogP contribution >= 0.6 is 23.4 Å². The summed E-state index contributed by atoms with van der Waals surface area (Å²) in [6.07, 6.45) is 0.930. The Morgan fingerprint density at radius 3 is 2.72 bits per heavy atom. The summed E-state index contributed by atoms with van der Waals surface area (Å²) in [7, 11) is 0. The van der Waals surface area contributed by atoms with E-state index in [4.69, 9.17) is 22.6 Å². The molecule has 2 aromatic rings. The minimum absolute atomic E-state index is 0.165. The highest BCUT2D eigenvalue weighted by Crippen LogP contribution is 2.22. The van der Waals surface area contributed by atoms with Gasteiger partial charge in [0.15, 0.2) is 5.16 Å². The molecule has 154 valence electrons. The molecule has 2 amide bonds. The molecule has 0 radical (unpaired) electrons. The van der Waals surface area contributed by atoms with Crippen LogP contribution in [0.5, 0.6) is 0 Å². The molecule has 0 unspecified atom stereocenters. The number of hydrogen-bond donors (Lipinski definition) is 2. The minimum Gasteiger partial charge on any atom is -0.370 e. The first kappa shape index (κ1) is 22.7. The lowest BCUT2D eigenvalue weighted by molar-refractivity contribution is -0.118. The molecule has 0 aliphatic carbocycles. The van der Waals surface area contributed by atoms with Gasteiger partial charge in [0.1, 0.15) is 11.9 Å². The van der Waals surface area contributed by atoms with E-state index in [9.17, 15) is 9.59 Å². The Bertz CT molecular complexity index is 922. The lowest BCUT2D eigenvalue weighted by Crippen LogP contribution is -2.15. The van der Waals surface area contributed by atoms with Crippen LogP contribution in [0.3, 0.4) is 0 Å². The van der Waals surface area contributed by atoms with Gasteiger partial charge in [-0.1, -0.05) is 37.2 Å². The molecular weight excluding hydrogens is 412 g/mol. The molecule has 0 saturated heterocycles. The van der Waals surface area contributed by atoms with Gasteiger partial charge in [-0.25, -0.2) is 0 Å². The molecule has 1 aromatic heterocycles. The summed E-state index contributed by atoms with van der Waals surface area (Å²) in [4.78, 5) is 23.2. The van der Waals surface area contributed by atoms with Crippen molar-refractivity contribution >= 4 is 40.9 Å². The van der Waals surface area contributed by atoms with Crippen LogP contribution in [0.25, 0.3) is 0 Å². The number of primary amides is 1. The number of hydrogen-bond acceptors (Lipinski definition) is 6. The Balaban J connectivity index is 1.93. The fourth-order valence-electron chi connectivity index (χ4n) is 2.54. The molecular formula is C19H23ClN6O2S. The standard InChI is InChI=1S/C19H23ClN6O2S/c1-12(2)11-26-17(6-5-16(22)27)24-25-19(26)29-8-7-18(28)23-14-4-3-13(10-21)15(20)9-14/h3-4,9,12H,5-8,11H2,1-2H3,(H2,22,27)(H,23,28). The van der Waals surface area contributed by atoms with Gasteiger partial charge < -0.3 is 15.6 Å². The zero-order valence-electron chi connectivity index (χ0n) is 16.3. The summed E-state index contributed by atoms with van der Waals surface area (Å²) in [5.74, 6) is 1.07. The van der Waals surface area contributed by atoms with Crippen molar-refractivity contribution in [3.05, 3.63) is 34.6 Å². The first-order valence-corrected chi connectivity index (χ1v) is 10.5. The summed E-state index contributed by atoms with van der Waals surface area (Å²) in [5, 5.41) is 21.0. The highest BCUT2D eigenvalue weighted by atomic mass is 35.5. The molecule has 8 nitrogen and oxygen atoms in total. The van der Waals surface area contributed by atoms with Gasteiger partial charge in [0.2, 0.25) is 11.8 Å². The number of benzene rings is 1. The van der Waals surface area contributed by atoms with E-state index in [0.717, 1.165) is 12.4 Å². The number of halogens is 1. The van der Waals surface area contributed by atoms with Crippen LogP contribution in [-0.2, 0) is 22.6 Å². The topological polar surface area (TPSA) is 127 Å². The van der Waals surface area contributed by atoms with E-state index in [-0.39, 0.29) is 24.7 Å². The number of thioether (sulfide) groups is 1. The van der Waals surface area contributed by atoms with Gasteiger partial charge in [-0.2, -0.15) is 5.26 Å². The van der Waals surface area contributed by atoms with Crippen molar-refractivity contribution in [1.82, 2.24) is 14.8 Å². The number of aryl methyl sites for hydroxylation is 1. The van der Waals surface area contributed by atoms with Crippen LogP contribution in [0.4, 0.5) is 5.69 Å². The Kier molecular flexibility index (Phi) is 8.49. The molecule has 1 aromatic carbocycles. The number of amides is 2. The van der Waals surface area contributed by atoms with Crippen LogP contribution < -0.4 is 11.1 Å². The Morgan fingerprint density at radius 2 is 2.10 bits per heavy atom. The zero-order chi connectivity index (χ0) is 21.4. The molecule has 0 atom stereocenters. The van der Waals surface area contributed by atoms with Gasteiger partial charge in [0, 0.05) is 37.2 Å². The molecule has 0 aliphatic rings. The molecule has 2 rings (SSSR count). The predicted octanol–water partition coefficient (Wildman–Crippen LogP) is 3.00. The van der Waals surface area contributed by atoms with E-state index in [0.29, 0.717) is 39.5 Å². The number of nitrogens with one attached hydrogen (secondary N) is 1. The molecule has 0 bridgehead atoms. The number of carbonyl (C=O) groups excluding carboxylic acids is 2. The maximum absolute atomic E-state index is 12.2. The second kappa shape index (κ2) is 10.8. The van der Waals surface area contributed by atoms with Crippen LogP contribution in [0.1, 0.15) is 38.1 Å². The fourth-order valence-corrected chi connectivity index (χ4v) is 3.66. The molecule has 0 saturated carbocycles. The molecule has 29 heavy (non-hydrogen) atoms. The quantitative estimate of drug-likeness (QED) is 0.553. The molecule has 1 heterocycles. The van der Waals surface area contributed by atoms with E-state index in [2.05, 4.69) is 29.4 Å². The van der Waals surface area contributed by atoms with Gasteiger partial charge in [0.25, 0.3) is 0 Å². The highest BCUT2D eigenvalue weighted by Gasteiger charge is 2.15. The Labute approximate surface area is 178 Å². The van der Waals surface area contributed by atoms with Crippen molar-refractivity contribution in [1.29, 1.82) is 5.26 Å². The predicted molar refractivity (Wildman–Crippen MR) is 113 cm³/mol. The maximum atomic E-state index is 12.2. The van der Waals surface area contributed by atoms with Gasteiger partial charge >= 0.3 is 0 Å². The number of aromatic nitrogens is 3. The van der Waals surface area contributed by atoms with Crippen molar-refractivity contribution in [2.75, 3.05) is 11.1 Å². The maximum Gasteiger partial charge on any atom is 0.225 e. The summed E-state index contributed by atoms with van der Waals surface area (Å²) in [6.45, 7) is 4.89. The highest BCUT2D eigenvalue weighted by molar-refractivity contribution is 7.99. The van der Waals surface area contributed by atoms with Crippen molar-refractivity contribution < 1.29 is 9.59 Å². The third kappa shape index (κ3) is 7.07. The number of nitrogens with zero attached hydrogens (tertiary/aromatic N) is 4. The monoisotopic (exact) mass is 434 g/mol. The number of nitrogens with two attached hydrogens (primary N) is 1. The van der Waals surface area contributed by atoms with Crippen LogP contribution in [-0.4, -0.2) is 32.3 Å². The average Bonchev–Trinajstić information content (AvgIpc) is 3.01. The van der Waals surface area contributed by atoms with Crippen molar-refractivity contribution in [2.45, 2.75) is 44.8 Å². The van der Waals surface area contributed by atoms with Gasteiger partial charge in [-0.3, -0.25) is 9.59 Å². The Morgan fingerprint density at radius 1 is 1.34 bits per heavy atom. The van der Waals surface area contributed by atoms with Crippen molar-refractivity contribution in [3.63, 3.8) is 0 Å². The molecule has 10 heteroatoms. The fraction of sp³-hybridized carbons (Fsp3) is 0.421. The third-order valence-electron chi connectivity index (χ3n) is 3.87. The number of nitriles is 1. The summed E-state index contributed by atoms with van der Waals surface area (Å²) >= 11 is 7.41. The molecule has 0 aliphatic heterocycles. The lowest BCUT2D eigenvalue weighted by atomic mass is 10.2. The smallest absolute Gasteiger partial charge is 0.225 e. The average molecular weight is 435 g/mol. The lowest BCUT2D eigenvalue weighted by Gasteiger charge is -2.12. The van der Waals surface area contributed by atoms with E-state index in [1.807, 2.05) is 10.6 Å². The van der Waals surface area contributed by atoms with Crippen LogP contribution in [0.2, 0.25) is 5.02 Å². The zero-order valence-corrected chi connectivity index (χ0v) is 17.9. The van der Waals surface area contributed by atoms with Gasteiger partial charge in [-0.05, 0) is 24.1 Å². The first-order valence-electron chi connectivity index (χ1n) is 9.12.